The molecule has 0 radical (unpaired) electrons. The zero-order chi connectivity index (χ0) is 15.0. The van der Waals surface area contributed by atoms with E-state index in [1.54, 1.807) is 49.5 Å². The van der Waals surface area contributed by atoms with E-state index in [1.807, 2.05) is 0 Å². The summed E-state index contributed by atoms with van der Waals surface area (Å²) in [7, 11) is 1.72. The van der Waals surface area contributed by atoms with E-state index in [-0.39, 0.29) is 11.8 Å². The second-order valence-corrected chi connectivity index (χ2v) is 4.61. The monoisotopic (exact) mass is 282 g/mol. The van der Waals surface area contributed by atoms with Crippen LogP contribution in [0.2, 0.25) is 0 Å². The molecule has 3 rings (SSSR count). The molecule has 0 bridgehead atoms. The van der Waals surface area contributed by atoms with Gasteiger partial charge in [0.1, 0.15) is 0 Å². The molecule has 0 spiro atoms. The number of nitrogen functional groups attached to an aromatic ring is 1. The maximum atomic E-state index is 12.7. The van der Waals surface area contributed by atoms with Crippen molar-refractivity contribution in [3.63, 3.8) is 0 Å². The summed E-state index contributed by atoms with van der Waals surface area (Å²) in [5.41, 5.74) is 7.83. The minimum atomic E-state index is -0.358. The summed E-state index contributed by atoms with van der Waals surface area (Å²) in [5, 5.41) is 17.2. The van der Waals surface area contributed by atoms with E-state index in [0.29, 0.717) is 27.8 Å². The Kier molecular flexibility index (Phi) is 2.98. The van der Waals surface area contributed by atoms with E-state index >= 15 is 0 Å². The molecule has 0 fully saturated rings. The Balaban J connectivity index is 2.20. The summed E-state index contributed by atoms with van der Waals surface area (Å²) in [6.07, 6.45) is 0. The fourth-order valence-electron chi connectivity index (χ4n) is 2.28. The van der Waals surface area contributed by atoms with Crippen LogP contribution in [0.5, 0.6) is 5.88 Å². The Labute approximate surface area is 120 Å². The fraction of sp³-hybridized carbons (Fsp3) is 0.0667. The summed E-state index contributed by atoms with van der Waals surface area (Å²) in [4.78, 5) is 12.7. The molecule has 1 heterocycles. The predicted molar refractivity (Wildman–Crippen MR) is 81.5 cm³/mol. The normalized spacial score (nSPS) is 10.7. The van der Waals surface area contributed by atoms with Gasteiger partial charge in [-0.2, -0.15) is 4.68 Å². The van der Waals surface area contributed by atoms with Gasteiger partial charge >= 0.3 is 0 Å². The maximum Gasteiger partial charge on any atom is 0.281 e. The number of carbonyl (C=O) groups excluding carboxylic acids is 1. The van der Waals surface area contributed by atoms with E-state index in [0.717, 1.165) is 0 Å². The zero-order valence-corrected chi connectivity index (χ0v) is 11.4. The Morgan fingerprint density at radius 1 is 1.29 bits per heavy atom. The number of nitrogens with two attached hydrogens (primary N) is 1. The molecule has 0 unspecified atom stereocenters. The average Bonchev–Trinajstić information content (AvgIpc) is 2.84. The average molecular weight is 282 g/mol. The molecule has 0 amide bonds. The van der Waals surface area contributed by atoms with Crippen LogP contribution in [0.25, 0.3) is 10.9 Å². The van der Waals surface area contributed by atoms with E-state index in [9.17, 15) is 9.90 Å². The van der Waals surface area contributed by atoms with Crippen molar-refractivity contribution < 1.29 is 9.90 Å². The van der Waals surface area contributed by atoms with Crippen LogP contribution in [0.15, 0.2) is 42.5 Å². The molecule has 0 aliphatic heterocycles. The van der Waals surface area contributed by atoms with Crippen LogP contribution in [0.3, 0.4) is 0 Å². The van der Waals surface area contributed by atoms with Crippen molar-refractivity contribution in [3.05, 3.63) is 48.0 Å². The van der Waals surface area contributed by atoms with Crippen molar-refractivity contribution in [1.29, 1.82) is 0 Å². The third-order valence-corrected chi connectivity index (χ3v) is 3.30. The molecule has 2 aromatic carbocycles. The molecule has 1 aromatic heterocycles. The van der Waals surface area contributed by atoms with Gasteiger partial charge in [0.05, 0.1) is 16.5 Å². The number of fused-ring (bicyclic) bond motifs is 1. The van der Waals surface area contributed by atoms with Crippen LogP contribution < -0.4 is 11.1 Å². The van der Waals surface area contributed by atoms with Crippen molar-refractivity contribution in [3.8, 4) is 5.88 Å². The lowest BCUT2D eigenvalue weighted by atomic mass is 10.1. The number of nitrogens with one attached hydrogen (secondary N) is 1. The van der Waals surface area contributed by atoms with Gasteiger partial charge in [0.2, 0.25) is 5.88 Å². The Hall–Kier alpha value is -3.02. The van der Waals surface area contributed by atoms with Gasteiger partial charge in [0.25, 0.3) is 5.91 Å². The molecular weight excluding hydrogens is 268 g/mol. The first-order valence-electron chi connectivity index (χ1n) is 6.40. The van der Waals surface area contributed by atoms with Crippen LogP contribution in [-0.4, -0.2) is 27.8 Å². The minimum absolute atomic E-state index is 0.172. The van der Waals surface area contributed by atoms with Crippen molar-refractivity contribution in [2.45, 2.75) is 0 Å². The Morgan fingerprint density at radius 2 is 2.05 bits per heavy atom. The van der Waals surface area contributed by atoms with Crippen molar-refractivity contribution >= 4 is 28.2 Å². The van der Waals surface area contributed by atoms with E-state index in [2.05, 4.69) is 10.4 Å². The highest BCUT2D eigenvalue weighted by molar-refractivity contribution is 6.06. The fourth-order valence-corrected chi connectivity index (χ4v) is 2.28. The van der Waals surface area contributed by atoms with Crippen LogP contribution >= 0.6 is 0 Å². The number of hydrogen-bond acceptors (Lipinski definition) is 5. The van der Waals surface area contributed by atoms with Crippen LogP contribution in [-0.2, 0) is 0 Å². The van der Waals surface area contributed by atoms with Gasteiger partial charge < -0.3 is 16.2 Å². The van der Waals surface area contributed by atoms with Crippen LogP contribution in [0, 0.1) is 0 Å². The molecule has 106 valence electrons. The highest BCUT2D eigenvalue weighted by atomic mass is 16.3. The summed E-state index contributed by atoms with van der Waals surface area (Å²) >= 11 is 0. The largest absolute Gasteiger partial charge is 0.492 e. The molecular formula is C15H14N4O2. The van der Waals surface area contributed by atoms with Gasteiger partial charge in [-0.25, -0.2) is 0 Å². The molecule has 6 nitrogen and oxygen atoms in total. The molecule has 0 aliphatic carbocycles. The van der Waals surface area contributed by atoms with Crippen molar-refractivity contribution in [1.82, 2.24) is 9.78 Å². The highest BCUT2D eigenvalue weighted by Gasteiger charge is 2.19. The third kappa shape index (κ3) is 2.06. The standard InChI is InChI=1S/C15H14N4O2/c1-17-12-7-6-9(16)8-11(12)15(21)19-13-5-3-2-4-10(13)14(20)18-19/h2-8,17H,16H2,1H3,(H,18,20). The number of nitrogens with zero attached hydrogens (tertiary/aromatic N) is 2. The molecule has 0 saturated carbocycles. The number of hydrogen-bond donors (Lipinski definition) is 3. The quantitative estimate of drug-likeness (QED) is 0.625. The van der Waals surface area contributed by atoms with Gasteiger partial charge in [-0.15, -0.1) is 5.10 Å². The first-order chi connectivity index (χ1) is 10.1. The number of rotatable bonds is 2. The predicted octanol–water partition coefficient (Wildman–Crippen LogP) is 2.05. The van der Waals surface area contributed by atoms with Crippen molar-refractivity contribution in [2.75, 3.05) is 18.1 Å². The van der Waals surface area contributed by atoms with Gasteiger partial charge in [0, 0.05) is 18.4 Å². The SMILES string of the molecule is CNc1ccc(N)cc1C(=O)n1nc(O)c2ccccc21. The first-order valence-corrected chi connectivity index (χ1v) is 6.40. The Bertz CT molecular complexity index is 839. The van der Waals surface area contributed by atoms with Gasteiger partial charge in [-0.05, 0) is 30.3 Å². The third-order valence-electron chi connectivity index (χ3n) is 3.30. The van der Waals surface area contributed by atoms with Gasteiger partial charge in [-0.3, -0.25) is 4.79 Å². The number of benzene rings is 2. The topological polar surface area (TPSA) is 93.2 Å². The molecule has 4 N–H and O–H groups in total. The smallest absolute Gasteiger partial charge is 0.281 e. The molecule has 21 heavy (non-hydrogen) atoms. The molecule has 0 atom stereocenters. The highest BCUT2D eigenvalue weighted by Crippen LogP contribution is 2.26. The van der Waals surface area contributed by atoms with E-state index in [1.165, 1.54) is 4.68 Å². The number of para-hydroxylation sites is 1. The number of anilines is 2. The summed E-state index contributed by atoms with van der Waals surface area (Å²) < 4.78 is 1.18. The maximum absolute atomic E-state index is 12.7. The molecule has 0 saturated heterocycles. The lowest BCUT2D eigenvalue weighted by Gasteiger charge is -2.09. The summed E-state index contributed by atoms with van der Waals surface area (Å²) in [6.45, 7) is 0. The number of aromatic nitrogens is 2. The van der Waals surface area contributed by atoms with E-state index in [4.69, 9.17) is 5.73 Å². The van der Waals surface area contributed by atoms with Crippen LogP contribution in [0.4, 0.5) is 11.4 Å². The Morgan fingerprint density at radius 3 is 2.81 bits per heavy atom. The lowest BCUT2D eigenvalue weighted by Crippen LogP contribution is -2.15. The number of carbonyl (C=O) groups is 1. The number of aromatic hydroxyl groups is 1. The minimum Gasteiger partial charge on any atom is -0.492 e. The van der Waals surface area contributed by atoms with Crippen molar-refractivity contribution in [2.24, 2.45) is 0 Å². The second-order valence-electron chi connectivity index (χ2n) is 4.61. The molecule has 3 aromatic rings. The first kappa shape index (κ1) is 13.0. The van der Waals surface area contributed by atoms with E-state index < -0.39 is 0 Å². The second kappa shape index (κ2) is 4.82. The van der Waals surface area contributed by atoms with Gasteiger partial charge in [0.15, 0.2) is 0 Å². The van der Waals surface area contributed by atoms with Gasteiger partial charge in [-0.1, -0.05) is 12.1 Å². The molecule has 0 aliphatic rings. The van der Waals surface area contributed by atoms with Crippen LogP contribution in [0.1, 0.15) is 10.4 Å². The molecule has 6 heteroatoms. The zero-order valence-electron chi connectivity index (χ0n) is 11.4. The summed E-state index contributed by atoms with van der Waals surface area (Å²) in [5.74, 6) is -0.531. The lowest BCUT2D eigenvalue weighted by molar-refractivity contribution is 0.0949. The summed E-state index contributed by atoms with van der Waals surface area (Å²) in [6, 6.07) is 12.0.